The Morgan fingerprint density at radius 2 is 2.06 bits per heavy atom. The Kier molecular flexibility index (Phi) is 3.02. The molecule has 0 saturated carbocycles. The van der Waals surface area contributed by atoms with Gasteiger partial charge in [0.1, 0.15) is 5.69 Å². The Morgan fingerprint density at radius 3 is 2.62 bits per heavy atom. The summed E-state index contributed by atoms with van der Waals surface area (Å²) in [4.78, 5) is 0. The Bertz CT molecular complexity index is 525. The zero-order valence-electron chi connectivity index (χ0n) is 8.10. The SMILES string of the molecule is NCc1[nH]nc(-c2ccc(F)c(F)c2)c1Br. The van der Waals surface area contributed by atoms with Crippen molar-refractivity contribution in [3.63, 3.8) is 0 Å². The predicted molar refractivity (Wildman–Crippen MR) is 59.5 cm³/mol. The maximum Gasteiger partial charge on any atom is 0.159 e. The molecule has 0 atom stereocenters. The third-order valence-electron chi connectivity index (χ3n) is 2.17. The van der Waals surface area contributed by atoms with Crippen LogP contribution in [0.25, 0.3) is 11.3 Å². The van der Waals surface area contributed by atoms with E-state index in [1.807, 2.05) is 0 Å². The van der Waals surface area contributed by atoms with Gasteiger partial charge in [-0.15, -0.1) is 0 Å². The van der Waals surface area contributed by atoms with E-state index in [9.17, 15) is 8.78 Å². The molecule has 0 fully saturated rings. The molecule has 2 rings (SSSR count). The van der Waals surface area contributed by atoms with Gasteiger partial charge >= 0.3 is 0 Å². The molecule has 0 bridgehead atoms. The number of nitrogens with two attached hydrogens (primary N) is 1. The van der Waals surface area contributed by atoms with Crippen molar-refractivity contribution in [2.24, 2.45) is 5.73 Å². The van der Waals surface area contributed by atoms with Gasteiger partial charge in [-0.25, -0.2) is 8.78 Å². The van der Waals surface area contributed by atoms with Crippen LogP contribution < -0.4 is 5.73 Å². The molecule has 0 aliphatic carbocycles. The van der Waals surface area contributed by atoms with Crippen LogP contribution in [0.4, 0.5) is 8.78 Å². The van der Waals surface area contributed by atoms with E-state index in [0.717, 1.165) is 12.1 Å². The molecule has 1 aromatic heterocycles. The molecule has 2 aromatic rings. The van der Waals surface area contributed by atoms with Gasteiger partial charge in [-0.3, -0.25) is 5.10 Å². The van der Waals surface area contributed by atoms with E-state index in [-0.39, 0.29) is 6.54 Å². The Hall–Kier alpha value is -1.27. The first kappa shape index (κ1) is 11.2. The van der Waals surface area contributed by atoms with E-state index in [0.29, 0.717) is 21.4 Å². The highest BCUT2D eigenvalue weighted by molar-refractivity contribution is 9.10. The van der Waals surface area contributed by atoms with E-state index in [4.69, 9.17) is 5.73 Å². The maximum atomic E-state index is 13.0. The lowest BCUT2D eigenvalue weighted by molar-refractivity contribution is 0.509. The first-order chi connectivity index (χ1) is 7.63. The molecule has 3 N–H and O–H groups in total. The van der Waals surface area contributed by atoms with Gasteiger partial charge in [-0.05, 0) is 34.1 Å². The fraction of sp³-hybridized carbons (Fsp3) is 0.100. The molecule has 0 radical (unpaired) electrons. The summed E-state index contributed by atoms with van der Waals surface area (Å²) in [6.07, 6.45) is 0. The molecule has 0 aliphatic heterocycles. The number of aromatic amines is 1. The topological polar surface area (TPSA) is 54.7 Å². The number of aromatic nitrogens is 2. The Morgan fingerprint density at radius 1 is 1.31 bits per heavy atom. The van der Waals surface area contributed by atoms with Crippen molar-refractivity contribution >= 4 is 15.9 Å². The normalized spacial score (nSPS) is 10.8. The quantitative estimate of drug-likeness (QED) is 0.892. The largest absolute Gasteiger partial charge is 0.325 e. The van der Waals surface area contributed by atoms with Gasteiger partial charge < -0.3 is 5.73 Å². The summed E-state index contributed by atoms with van der Waals surface area (Å²) in [5, 5.41) is 6.70. The summed E-state index contributed by atoms with van der Waals surface area (Å²) in [6.45, 7) is 0.289. The zero-order valence-corrected chi connectivity index (χ0v) is 9.68. The highest BCUT2D eigenvalue weighted by atomic mass is 79.9. The number of nitrogens with zero attached hydrogens (tertiary/aromatic N) is 1. The molecule has 1 aromatic carbocycles. The number of rotatable bonds is 2. The molecule has 1 heterocycles. The van der Waals surface area contributed by atoms with Crippen molar-refractivity contribution in [1.82, 2.24) is 10.2 Å². The molecule has 6 heteroatoms. The molecule has 84 valence electrons. The van der Waals surface area contributed by atoms with Crippen LogP contribution in [0, 0.1) is 11.6 Å². The molecular formula is C10H8BrF2N3. The van der Waals surface area contributed by atoms with Gasteiger partial charge in [-0.1, -0.05) is 0 Å². The molecule has 0 spiro atoms. The van der Waals surface area contributed by atoms with Gasteiger partial charge in [-0.2, -0.15) is 5.10 Å². The second-order valence-electron chi connectivity index (χ2n) is 3.20. The van der Waals surface area contributed by atoms with Crippen LogP contribution in [0.5, 0.6) is 0 Å². The summed E-state index contributed by atoms with van der Waals surface area (Å²) >= 11 is 3.30. The average Bonchev–Trinajstić information content (AvgIpc) is 2.64. The van der Waals surface area contributed by atoms with Crippen LogP contribution in [0.3, 0.4) is 0 Å². The molecule has 0 saturated heterocycles. The molecule has 3 nitrogen and oxygen atoms in total. The monoisotopic (exact) mass is 287 g/mol. The summed E-state index contributed by atoms with van der Waals surface area (Å²) in [5.74, 6) is -1.78. The predicted octanol–water partition coefficient (Wildman–Crippen LogP) is 2.58. The summed E-state index contributed by atoms with van der Waals surface area (Å²) in [7, 11) is 0. The van der Waals surface area contributed by atoms with Crippen LogP contribution in [0.15, 0.2) is 22.7 Å². The standard InChI is InChI=1S/C10H8BrF2N3/c11-9-8(4-14)15-16-10(9)5-1-2-6(12)7(13)3-5/h1-3H,4,14H2,(H,15,16). The summed E-state index contributed by atoms with van der Waals surface area (Å²) in [6, 6.07) is 3.62. The minimum absolute atomic E-state index is 0.289. The molecular weight excluding hydrogens is 280 g/mol. The van der Waals surface area contributed by atoms with Gasteiger partial charge in [0.05, 0.1) is 10.2 Å². The zero-order chi connectivity index (χ0) is 11.7. The maximum absolute atomic E-state index is 13.0. The minimum Gasteiger partial charge on any atom is -0.325 e. The van der Waals surface area contributed by atoms with Crippen LogP contribution in [0.2, 0.25) is 0 Å². The average molecular weight is 288 g/mol. The minimum atomic E-state index is -0.901. The highest BCUT2D eigenvalue weighted by Gasteiger charge is 2.13. The van der Waals surface area contributed by atoms with Gasteiger partial charge in [0, 0.05) is 12.1 Å². The van der Waals surface area contributed by atoms with Crippen LogP contribution in [-0.2, 0) is 6.54 Å². The highest BCUT2D eigenvalue weighted by Crippen LogP contribution is 2.29. The summed E-state index contributed by atoms with van der Waals surface area (Å²) in [5.41, 5.74) is 7.17. The van der Waals surface area contributed by atoms with E-state index in [1.165, 1.54) is 6.07 Å². The third kappa shape index (κ3) is 1.85. The first-order valence-electron chi connectivity index (χ1n) is 4.51. The number of hydrogen-bond donors (Lipinski definition) is 2. The fourth-order valence-corrected chi connectivity index (χ4v) is 1.90. The van der Waals surface area contributed by atoms with E-state index in [1.54, 1.807) is 0 Å². The Balaban J connectivity index is 2.50. The van der Waals surface area contributed by atoms with Gasteiger partial charge in [0.15, 0.2) is 11.6 Å². The second-order valence-corrected chi connectivity index (χ2v) is 3.99. The van der Waals surface area contributed by atoms with E-state index < -0.39 is 11.6 Å². The van der Waals surface area contributed by atoms with Crippen molar-refractivity contribution in [3.05, 3.63) is 40.0 Å². The summed E-state index contributed by atoms with van der Waals surface area (Å²) < 4.78 is 26.5. The first-order valence-corrected chi connectivity index (χ1v) is 5.31. The molecule has 0 amide bonds. The number of nitrogens with one attached hydrogen (secondary N) is 1. The van der Waals surface area contributed by atoms with E-state index in [2.05, 4.69) is 26.1 Å². The van der Waals surface area contributed by atoms with Crippen LogP contribution >= 0.6 is 15.9 Å². The van der Waals surface area contributed by atoms with Gasteiger partial charge in [0.25, 0.3) is 0 Å². The lowest BCUT2D eigenvalue weighted by atomic mass is 10.1. The molecule has 0 unspecified atom stereocenters. The number of hydrogen-bond acceptors (Lipinski definition) is 2. The third-order valence-corrected chi connectivity index (χ3v) is 3.03. The molecule has 0 aliphatic rings. The van der Waals surface area contributed by atoms with Crippen molar-refractivity contribution in [2.75, 3.05) is 0 Å². The van der Waals surface area contributed by atoms with Crippen molar-refractivity contribution < 1.29 is 8.78 Å². The smallest absolute Gasteiger partial charge is 0.159 e. The lowest BCUT2D eigenvalue weighted by Crippen LogP contribution is -1.96. The fourth-order valence-electron chi connectivity index (χ4n) is 1.33. The number of benzene rings is 1. The van der Waals surface area contributed by atoms with Crippen molar-refractivity contribution in [2.45, 2.75) is 6.54 Å². The van der Waals surface area contributed by atoms with Gasteiger partial charge in [0.2, 0.25) is 0 Å². The van der Waals surface area contributed by atoms with Crippen LogP contribution in [-0.4, -0.2) is 10.2 Å². The lowest BCUT2D eigenvalue weighted by Gasteiger charge is -1.99. The molecule has 16 heavy (non-hydrogen) atoms. The van der Waals surface area contributed by atoms with Crippen molar-refractivity contribution in [1.29, 1.82) is 0 Å². The van der Waals surface area contributed by atoms with E-state index >= 15 is 0 Å². The number of H-pyrrole nitrogens is 1. The van der Waals surface area contributed by atoms with Crippen LogP contribution in [0.1, 0.15) is 5.69 Å². The Labute approximate surface area is 98.8 Å². The second kappa shape index (κ2) is 4.31. The number of halogens is 3. The van der Waals surface area contributed by atoms with Crippen molar-refractivity contribution in [3.8, 4) is 11.3 Å².